The van der Waals surface area contributed by atoms with Crippen LogP contribution in [0.3, 0.4) is 0 Å². The number of aromatic nitrogens is 5. The van der Waals surface area contributed by atoms with E-state index in [0.29, 0.717) is 17.4 Å². The molecule has 9 heteroatoms. The van der Waals surface area contributed by atoms with Crippen molar-refractivity contribution in [2.24, 2.45) is 7.05 Å². The summed E-state index contributed by atoms with van der Waals surface area (Å²) >= 11 is 1.48. The van der Waals surface area contributed by atoms with Crippen LogP contribution in [0.2, 0.25) is 0 Å². The summed E-state index contributed by atoms with van der Waals surface area (Å²) < 4.78 is 3.35. The molecule has 2 N–H and O–H groups in total. The fourth-order valence-electron chi connectivity index (χ4n) is 3.25. The van der Waals surface area contributed by atoms with E-state index in [1.807, 2.05) is 11.6 Å². The first kappa shape index (κ1) is 17.0. The van der Waals surface area contributed by atoms with Gasteiger partial charge in [-0.15, -0.1) is 10.2 Å². The summed E-state index contributed by atoms with van der Waals surface area (Å²) in [5, 5.41) is 22.8. The van der Waals surface area contributed by atoms with Crippen molar-refractivity contribution in [1.29, 1.82) is 0 Å². The lowest BCUT2D eigenvalue weighted by atomic mass is 9.99. The van der Waals surface area contributed by atoms with Crippen LogP contribution in [0.15, 0.2) is 34.3 Å². The fraction of sp³-hybridized carbons (Fsp3) is 0.412. The minimum Gasteiger partial charge on any atom is -0.504 e. The van der Waals surface area contributed by atoms with Crippen molar-refractivity contribution in [2.75, 3.05) is 13.1 Å². The van der Waals surface area contributed by atoms with Crippen molar-refractivity contribution in [2.45, 2.75) is 29.7 Å². The van der Waals surface area contributed by atoms with Crippen LogP contribution >= 0.6 is 11.8 Å². The van der Waals surface area contributed by atoms with Gasteiger partial charge in [0.2, 0.25) is 0 Å². The molecule has 3 aromatic rings. The summed E-state index contributed by atoms with van der Waals surface area (Å²) in [6.45, 7) is 1.99. The van der Waals surface area contributed by atoms with Crippen molar-refractivity contribution in [1.82, 2.24) is 29.5 Å². The van der Waals surface area contributed by atoms with Gasteiger partial charge in [0.25, 0.3) is 5.56 Å². The second kappa shape index (κ2) is 7.08. The number of thioether (sulfide) groups is 1. The quantitative estimate of drug-likeness (QED) is 0.666. The number of nitrogens with zero attached hydrogens (tertiary/aromatic N) is 5. The van der Waals surface area contributed by atoms with Gasteiger partial charge in [-0.25, -0.2) is 4.98 Å². The van der Waals surface area contributed by atoms with Crippen LogP contribution < -0.4 is 10.9 Å². The summed E-state index contributed by atoms with van der Waals surface area (Å²) in [4.78, 5) is 16.6. The summed E-state index contributed by atoms with van der Waals surface area (Å²) in [6, 6.07) is 4.62. The molecule has 1 aliphatic heterocycles. The maximum absolute atomic E-state index is 12.2. The number of nitrogens with one attached hydrogen (secondary N) is 1. The van der Waals surface area contributed by atoms with E-state index in [2.05, 4.69) is 20.5 Å². The van der Waals surface area contributed by atoms with E-state index in [4.69, 9.17) is 0 Å². The van der Waals surface area contributed by atoms with Crippen LogP contribution in [0.1, 0.15) is 30.3 Å². The number of pyridine rings is 1. The molecule has 0 unspecified atom stereocenters. The van der Waals surface area contributed by atoms with Gasteiger partial charge in [-0.3, -0.25) is 9.20 Å². The number of hydrogen-bond donors (Lipinski definition) is 2. The Kier molecular flexibility index (Phi) is 4.64. The molecule has 1 fully saturated rings. The van der Waals surface area contributed by atoms with Crippen molar-refractivity contribution >= 4 is 17.4 Å². The Labute approximate surface area is 154 Å². The Morgan fingerprint density at radius 3 is 3.12 bits per heavy atom. The van der Waals surface area contributed by atoms with E-state index in [9.17, 15) is 9.90 Å². The van der Waals surface area contributed by atoms with E-state index in [0.717, 1.165) is 36.9 Å². The largest absolute Gasteiger partial charge is 0.504 e. The zero-order valence-corrected chi connectivity index (χ0v) is 15.2. The summed E-state index contributed by atoms with van der Waals surface area (Å²) in [7, 11) is 1.97. The molecule has 0 spiro atoms. The maximum atomic E-state index is 12.2. The van der Waals surface area contributed by atoms with E-state index < -0.39 is 0 Å². The first-order chi connectivity index (χ1) is 12.6. The third-order valence-electron chi connectivity index (χ3n) is 4.60. The lowest BCUT2D eigenvalue weighted by Crippen LogP contribution is -2.29. The average molecular weight is 372 g/mol. The highest BCUT2D eigenvalue weighted by molar-refractivity contribution is 7.98. The molecule has 136 valence electrons. The van der Waals surface area contributed by atoms with Crippen LogP contribution in [0, 0.1) is 0 Å². The molecule has 0 saturated carbocycles. The SMILES string of the molecule is Cn1c(SCc2cc(=O)n3cccc(O)c3n2)nnc1[C@H]1CCCNC1. The monoisotopic (exact) mass is 372 g/mol. The average Bonchev–Trinajstić information content (AvgIpc) is 3.02. The summed E-state index contributed by atoms with van der Waals surface area (Å²) in [5.74, 6) is 1.84. The zero-order valence-electron chi connectivity index (χ0n) is 14.4. The Bertz CT molecular complexity index is 993. The van der Waals surface area contributed by atoms with Gasteiger partial charge >= 0.3 is 0 Å². The van der Waals surface area contributed by atoms with E-state index >= 15 is 0 Å². The normalized spacial score (nSPS) is 17.7. The predicted octanol–water partition coefficient (Wildman–Crippen LogP) is 1.29. The van der Waals surface area contributed by atoms with E-state index in [-0.39, 0.29) is 17.0 Å². The van der Waals surface area contributed by atoms with Crippen LogP contribution in [-0.2, 0) is 12.8 Å². The van der Waals surface area contributed by atoms with Gasteiger partial charge in [0.15, 0.2) is 16.6 Å². The van der Waals surface area contributed by atoms with E-state index in [1.165, 1.54) is 28.3 Å². The molecular formula is C17H20N6O2S. The third-order valence-corrected chi connectivity index (χ3v) is 5.66. The standard InChI is InChI=1S/C17H20N6O2S/c1-22-15(11-4-2-6-18-9-11)20-21-17(22)26-10-12-8-14(25)23-7-3-5-13(24)16(23)19-12/h3,5,7-8,11,18,24H,2,4,6,9-10H2,1H3/t11-/m0/s1. The molecule has 1 saturated heterocycles. The topological polar surface area (TPSA) is 97.3 Å². The number of piperidine rings is 1. The van der Waals surface area contributed by atoms with Gasteiger partial charge in [-0.2, -0.15) is 0 Å². The number of hydrogen-bond acceptors (Lipinski definition) is 7. The second-order valence-electron chi connectivity index (χ2n) is 6.40. The molecule has 0 radical (unpaired) electrons. The molecular weight excluding hydrogens is 352 g/mol. The van der Waals surface area contributed by atoms with Crippen LogP contribution in [0.4, 0.5) is 0 Å². The van der Waals surface area contributed by atoms with Crippen molar-refractivity contribution in [3.63, 3.8) is 0 Å². The van der Waals surface area contributed by atoms with Gasteiger partial charge < -0.3 is 15.0 Å². The Morgan fingerprint density at radius 2 is 2.31 bits per heavy atom. The summed E-state index contributed by atoms with van der Waals surface area (Å²) in [5.41, 5.74) is 0.654. The van der Waals surface area contributed by atoms with E-state index in [1.54, 1.807) is 12.3 Å². The van der Waals surface area contributed by atoms with Gasteiger partial charge in [-0.1, -0.05) is 11.8 Å². The van der Waals surface area contributed by atoms with Gasteiger partial charge in [0.1, 0.15) is 5.82 Å². The molecule has 4 rings (SSSR count). The molecule has 1 atom stereocenters. The zero-order chi connectivity index (χ0) is 18.1. The fourth-order valence-corrected chi connectivity index (χ4v) is 4.06. The highest BCUT2D eigenvalue weighted by Gasteiger charge is 2.21. The predicted molar refractivity (Wildman–Crippen MR) is 98.5 cm³/mol. The molecule has 1 aliphatic rings. The van der Waals surface area contributed by atoms with Crippen molar-refractivity contribution in [3.8, 4) is 5.75 Å². The maximum Gasteiger partial charge on any atom is 0.258 e. The lowest BCUT2D eigenvalue weighted by Gasteiger charge is -2.21. The number of fused-ring (bicyclic) bond motifs is 1. The molecule has 3 aromatic heterocycles. The molecule has 0 amide bonds. The van der Waals surface area contributed by atoms with Gasteiger partial charge in [-0.05, 0) is 31.5 Å². The number of rotatable bonds is 4. The molecule has 0 aliphatic carbocycles. The minimum atomic E-state index is -0.214. The summed E-state index contributed by atoms with van der Waals surface area (Å²) in [6.07, 6.45) is 3.86. The van der Waals surface area contributed by atoms with Crippen molar-refractivity contribution < 1.29 is 5.11 Å². The molecule has 0 aromatic carbocycles. The smallest absolute Gasteiger partial charge is 0.258 e. The third kappa shape index (κ3) is 3.19. The number of aromatic hydroxyl groups is 1. The van der Waals surface area contributed by atoms with Gasteiger partial charge in [0.05, 0.1) is 5.69 Å². The van der Waals surface area contributed by atoms with Crippen molar-refractivity contribution in [3.05, 3.63) is 46.3 Å². The Morgan fingerprint density at radius 1 is 1.42 bits per heavy atom. The first-order valence-electron chi connectivity index (χ1n) is 8.56. The molecule has 26 heavy (non-hydrogen) atoms. The minimum absolute atomic E-state index is 0.0119. The van der Waals surface area contributed by atoms with Crippen LogP contribution in [-0.4, -0.2) is 42.3 Å². The van der Waals surface area contributed by atoms with Crippen LogP contribution in [0.5, 0.6) is 5.75 Å². The van der Waals surface area contributed by atoms with Gasteiger partial charge in [0, 0.05) is 37.5 Å². The molecule has 8 nitrogen and oxygen atoms in total. The highest BCUT2D eigenvalue weighted by Crippen LogP contribution is 2.26. The first-order valence-corrected chi connectivity index (χ1v) is 9.55. The Balaban J connectivity index is 1.54. The molecule has 4 heterocycles. The molecule has 0 bridgehead atoms. The second-order valence-corrected chi connectivity index (χ2v) is 7.35. The lowest BCUT2D eigenvalue weighted by molar-refractivity contribution is 0.436. The Hall–Kier alpha value is -2.39. The highest BCUT2D eigenvalue weighted by atomic mass is 32.2. The van der Waals surface area contributed by atoms with Crippen LogP contribution in [0.25, 0.3) is 5.65 Å².